The van der Waals surface area contributed by atoms with Gasteiger partial charge in [0.25, 0.3) is 10.0 Å². The third-order valence-electron chi connectivity index (χ3n) is 4.72. The fourth-order valence-electron chi connectivity index (χ4n) is 3.10. The topological polar surface area (TPSA) is 89.5 Å². The molecular formula is C27H27NO5S. The highest BCUT2D eigenvalue weighted by atomic mass is 32.2. The first-order valence-corrected chi connectivity index (χ1v) is 12.2. The van der Waals surface area contributed by atoms with Crippen molar-refractivity contribution in [3.05, 3.63) is 101 Å². The monoisotopic (exact) mass is 477 g/mol. The standard InChI is InChI=1S/C27H27NO5S/c1-19-14-16-21(17-15-19)34(31,32)28-24-13-9-8-12-22(24)25(29)23(26(30)33-27(2,3)4)18-20-10-6-5-7-11-20/h5-18,28H,1-4H3/b23-18-. The lowest BCUT2D eigenvalue weighted by atomic mass is 9.99. The van der Waals surface area contributed by atoms with Crippen LogP contribution in [-0.4, -0.2) is 25.8 Å². The van der Waals surface area contributed by atoms with Crippen LogP contribution in [0.25, 0.3) is 6.08 Å². The third-order valence-corrected chi connectivity index (χ3v) is 6.10. The molecule has 0 aromatic heterocycles. The number of aryl methyl sites for hydroxylation is 1. The number of para-hydroxylation sites is 1. The largest absolute Gasteiger partial charge is 0.456 e. The number of benzene rings is 3. The van der Waals surface area contributed by atoms with E-state index in [4.69, 9.17) is 4.74 Å². The van der Waals surface area contributed by atoms with Gasteiger partial charge >= 0.3 is 5.97 Å². The summed E-state index contributed by atoms with van der Waals surface area (Å²) in [6.07, 6.45) is 1.45. The van der Waals surface area contributed by atoms with Crippen molar-refractivity contribution < 1.29 is 22.7 Å². The number of ketones is 1. The first kappa shape index (κ1) is 24.9. The molecule has 0 spiro atoms. The maximum atomic E-state index is 13.6. The van der Waals surface area contributed by atoms with E-state index in [0.29, 0.717) is 5.56 Å². The predicted octanol–water partition coefficient (Wildman–Crippen LogP) is 5.40. The highest BCUT2D eigenvalue weighted by Gasteiger charge is 2.28. The molecular weight excluding hydrogens is 450 g/mol. The number of rotatable bonds is 7. The molecule has 3 aromatic carbocycles. The number of esters is 1. The van der Waals surface area contributed by atoms with Crippen molar-refractivity contribution >= 4 is 33.5 Å². The van der Waals surface area contributed by atoms with E-state index in [2.05, 4.69) is 4.72 Å². The normalized spacial score (nSPS) is 12.2. The maximum absolute atomic E-state index is 13.6. The van der Waals surface area contributed by atoms with Crippen LogP contribution in [0.2, 0.25) is 0 Å². The summed E-state index contributed by atoms with van der Waals surface area (Å²) in [4.78, 5) is 26.6. The number of carbonyl (C=O) groups is 2. The molecule has 0 atom stereocenters. The average molecular weight is 478 g/mol. The van der Waals surface area contributed by atoms with Crippen LogP contribution < -0.4 is 4.72 Å². The number of hydrogen-bond acceptors (Lipinski definition) is 5. The van der Waals surface area contributed by atoms with E-state index in [-0.39, 0.29) is 21.7 Å². The van der Waals surface area contributed by atoms with E-state index in [9.17, 15) is 18.0 Å². The molecule has 1 N–H and O–H groups in total. The average Bonchev–Trinajstić information content (AvgIpc) is 2.77. The van der Waals surface area contributed by atoms with Crippen molar-refractivity contribution in [3.8, 4) is 0 Å². The molecule has 0 bridgehead atoms. The van der Waals surface area contributed by atoms with Crippen LogP contribution in [0, 0.1) is 6.92 Å². The molecule has 34 heavy (non-hydrogen) atoms. The minimum absolute atomic E-state index is 0.0335. The molecule has 0 saturated carbocycles. The Morgan fingerprint density at radius 3 is 2.06 bits per heavy atom. The van der Waals surface area contributed by atoms with Crippen molar-refractivity contribution in [1.82, 2.24) is 0 Å². The maximum Gasteiger partial charge on any atom is 0.342 e. The summed E-state index contributed by atoms with van der Waals surface area (Å²) in [5, 5.41) is 0. The molecule has 0 unspecified atom stereocenters. The SMILES string of the molecule is Cc1ccc(S(=O)(=O)Nc2ccccc2C(=O)/C(=C/c2ccccc2)C(=O)OC(C)(C)C)cc1. The van der Waals surface area contributed by atoms with Gasteiger partial charge in [0.2, 0.25) is 5.78 Å². The fraction of sp³-hybridized carbons (Fsp3) is 0.185. The van der Waals surface area contributed by atoms with Gasteiger partial charge in [-0.2, -0.15) is 0 Å². The minimum Gasteiger partial charge on any atom is -0.456 e. The number of nitrogens with one attached hydrogen (secondary N) is 1. The molecule has 0 aliphatic heterocycles. The Morgan fingerprint density at radius 1 is 0.853 bits per heavy atom. The Balaban J connectivity index is 2.03. The second-order valence-electron chi connectivity index (χ2n) is 8.76. The summed E-state index contributed by atoms with van der Waals surface area (Å²) in [6.45, 7) is 6.98. The molecule has 0 heterocycles. The lowest BCUT2D eigenvalue weighted by molar-refractivity contribution is -0.149. The molecule has 6 nitrogen and oxygen atoms in total. The van der Waals surface area contributed by atoms with Crippen LogP contribution in [-0.2, 0) is 19.6 Å². The molecule has 0 amide bonds. The molecule has 0 aliphatic rings. The summed E-state index contributed by atoms with van der Waals surface area (Å²) in [5.41, 5.74) is 0.626. The predicted molar refractivity (Wildman–Crippen MR) is 133 cm³/mol. The van der Waals surface area contributed by atoms with Gasteiger partial charge in [0.15, 0.2) is 0 Å². The van der Waals surface area contributed by atoms with Gasteiger partial charge in [-0.15, -0.1) is 0 Å². The number of anilines is 1. The highest BCUT2D eigenvalue weighted by molar-refractivity contribution is 7.92. The van der Waals surface area contributed by atoms with E-state index >= 15 is 0 Å². The van der Waals surface area contributed by atoms with Crippen molar-refractivity contribution in [1.29, 1.82) is 0 Å². The summed E-state index contributed by atoms with van der Waals surface area (Å²) in [5.74, 6) is -1.45. The zero-order valence-corrected chi connectivity index (χ0v) is 20.3. The number of Topliss-reactive ketones (excluding diaryl/α,β-unsaturated/α-hetero) is 1. The van der Waals surface area contributed by atoms with E-state index < -0.39 is 27.4 Å². The molecule has 0 radical (unpaired) electrons. The van der Waals surface area contributed by atoms with Gasteiger partial charge < -0.3 is 4.74 Å². The van der Waals surface area contributed by atoms with Gasteiger partial charge in [0.05, 0.1) is 10.6 Å². The van der Waals surface area contributed by atoms with Crippen LogP contribution in [0.1, 0.15) is 42.3 Å². The first-order chi connectivity index (χ1) is 16.0. The summed E-state index contributed by atoms with van der Waals surface area (Å²) < 4.78 is 33.8. The Kier molecular flexibility index (Phi) is 7.37. The Labute approximate surface area is 200 Å². The summed E-state index contributed by atoms with van der Waals surface area (Å²) in [7, 11) is -3.96. The van der Waals surface area contributed by atoms with Gasteiger partial charge in [-0.3, -0.25) is 9.52 Å². The van der Waals surface area contributed by atoms with Crippen LogP contribution in [0.4, 0.5) is 5.69 Å². The van der Waals surface area contributed by atoms with Crippen LogP contribution in [0.5, 0.6) is 0 Å². The van der Waals surface area contributed by atoms with Gasteiger partial charge in [0.1, 0.15) is 11.2 Å². The number of hydrogen-bond donors (Lipinski definition) is 1. The Hall–Kier alpha value is -3.71. The summed E-state index contributed by atoms with van der Waals surface area (Å²) >= 11 is 0. The number of carbonyl (C=O) groups excluding carboxylic acids is 2. The van der Waals surface area contributed by atoms with Crippen LogP contribution in [0.3, 0.4) is 0 Å². The van der Waals surface area contributed by atoms with E-state index in [0.717, 1.165) is 5.56 Å². The van der Waals surface area contributed by atoms with Crippen molar-refractivity contribution in [2.45, 2.75) is 38.2 Å². The zero-order valence-electron chi connectivity index (χ0n) is 19.5. The van der Waals surface area contributed by atoms with Crippen molar-refractivity contribution in [3.63, 3.8) is 0 Å². The molecule has 176 valence electrons. The van der Waals surface area contributed by atoms with Crippen LogP contribution >= 0.6 is 0 Å². The lowest BCUT2D eigenvalue weighted by Crippen LogP contribution is -2.27. The Bertz CT molecular complexity index is 1320. The van der Waals surface area contributed by atoms with Gasteiger partial charge in [0, 0.05) is 5.56 Å². The van der Waals surface area contributed by atoms with Crippen molar-refractivity contribution in [2.24, 2.45) is 0 Å². The fourth-order valence-corrected chi connectivity index (χ4v) is 4.18. The molecule has 0 fully saturated rings. The van der Waals surface area contributed by atoms with E-state index in [1.54, 1.807) is 69.3 Å². The smallest absolute Gasteiger partial charge is 0.342 e. The number of ether oxygens (including phenoxy) is 1. The molecule has 3 aromatic rings. The van der Waals surface area contributed by atoms with Gasteiger partial charge in [-0.05, 0) is 63.6 Å². The first-order valence-electron chi connectivity index (χ1n) is 10.7. The molecule has 3 rings (SSSR count). The Morgan fingerprint density at radius 2 is 1.44 bits per heavy atom. The molecule has 0 saturated heterocycles. The van der Waals surface area contributed by atoms with Crippen molar-refractivity contribution in [2.75, 3.05) is 4.72 Å². The van der Waals surface area contributed by atoms with Crippen LogP contribution in [0.15, 0.2) is 89.3 Å². The second-order valence-corrected chi connectivity index (χ2v) is 10.4. The second kappa shape index (κ2) is 10.1. The molecule has 0 aliphatic carbocycles. The highest BCUT2D eigenvalue weighted by Crippen LogP contribution is 2.25. The van der Waals surface area contributed by atoms with Gasteiger partial charge in [-0.1, -0.05) is 60.2 Å². The third kappa shape index (κ3) is 6.42. The van der Waals surface area contributed by atoms with E-state index in [1.807, 2.05) is 13.0 Å². The summed E-state index contributed by atoms with van der Waals surface area (Å²) in [6, 6.07) is 21.4. The van der Waals surface area contributed by atoms with E-state index in [1.165, 1.54) is 30.3 Å². The molecule has 7 heteroatoms. The van der Waals surface area contributed by atoms with Gasteiger partial charge in [-0.25, -0.2) is 13.2 Å². The quantitative estimate of drug-likeness (QED) is 0.162. The minimum atomic E-state index is -3.96. The zero-order chi connectivity index (χ0) is 24.9. The lowest BCUT2D eigenvalue weighted by Gasteiger charge is -2.21. The number of sulfonamides is 1.